The number of carbonyl (C=O) groups is 2. The molecule has 6 heteroatoms. The lowest BCUT2D eigenvalue weighted by atomic mass is 10.1. The Bertz CT molecular complexity index is 545. The molecule has 0 saturated heterocycles. The molecule has 0 aliphatic carbocycles. The average Bonchev–Trinajstić information content (AvgIpc) is 2.54. The van der Waals surface area contributed by atoms with E-state index in [-0.39, 0.29) is 18.2 Å². The van der Waals surface area contributed by atoms with E-state index >= 15 is 0 Å². The molecular weight excluding hydrogens is 317 g/mol. The molecule has 1 aromatic carbocycles. The van der Waals surface area contributed by atoms with Gasteiger partial charge in [-0.05, 0) is 41.9 Å². The van der Waals surface area contributed by atoms with Gasteiger partial charge in [0.2, 0.25) is 0 Å². The van der Waals surface area contributed by atoms with Crippen molar-refractivity contribution in [3.63, 3.8) is 0 Å². The molecule has 1 aromatic rings. The molecule has 0 fully saturated rings. The fourth-order valence-corrected chi connectivity index (χ4v) is 2.59. The number of Topliss-reactive ketones (excluding diaryl/α,β-unsaturated/α-hetero) is 1. The molecule has 1 heterocycles. The number of nitrogens with zero attached hydrogens (tertiary/aromatic N) is 1. The lowest BCUT2D eigenvalue weighted by Gasteiger charge is -2.18. The highest BCUT2D eigenvalue weighted by Crippen LogP contribution is 2.36. The molecule has 1 aliphatic heterocycles. The largest absolute Gasteiger partial charge is 0.377 e. The van der Waals surface area contributed by atoms with E-state index in [0.29, 0.717) is 16.8 Å². The second kappa shape index (κ2) is 5.38. The molecule has 0 atom stereocenters. The van der Waals surface area contributed by atoms with Crippen LogP contribution in [0.15, 0.2) is 16.6 Å². The van der Waals surface area contributed by atoms with E-state index in [2.05, 4.69) is 15.9 Å². The smallest absolute Gasteiger partial charge is 0.299 e. The molecule has 0 spiro atoms. The second-order valence-electron chi connectivity index (χ2n) is 4.49. The molecule has 0 bridgehead atoms. The van der Waals surface area contributed by atoms with E-state index in [1.54, 1.807) is 0 Å². The Morgan fingerprint density at radius 2 is 2.05 bits per heavy atom. The van der Waals surface area contributed by atoms with Gasteiger partial charge in [0.1, 0.15) is 5.82 Å². The normalized spacial score (nSPS) is 14.5. The summed E-state index contributed by atoms with van der Waals surface area (Å²) in [5.41, 5.74) is 0.519. The van der Waals surface area contributed by atoms with Crippen molar-refractivity contribution in [1.82, 2.24) is 0 Å². The van der Waals surface area contributed by atoms with Gasteiger partial charge in [-0.15, -0.1) is 0 Å². The van der Waals surface area contributed by atoms with Gasteiger partial charge in [0, 0.05) is 11.0 Å². The minimum absolute atomic E-state index is 0.0459. The summed E-state index contributed by atoms with van der Waals surface area (Å²) in [6.07, 6.45) is 0.0459. The Kier molecular flexibility index (Phi) is 4.01. The van der Waals surface area contributed by atoms with Gasteiger partial charge in [0.25, 0.3) is 11.7 Å². The summed E-state index contributed by atoms with van der Waals surface area (Å²) < 4.78 is 19.0. The van der Waals surface area contributed by atoms with Crippen LogP contribution in [0.25, 0.3) is 0 Å². The van der Waals surface area contributed by atoms with Crippen molar-refractivity contribution in [3.8, 4) is 0 Å². The van der Waals surface area contributed by atoms with E-state index in [4.69, 9.17) is 4.74 Å². The van der Waals surface area contributed by atoms with Crippen LogP contribution < -0.4 is 4.90 Å². The Labute approximate surface area is 118 Å². The van der Waals surface area contributed by atoms with Gasteiger partial charge in [-0.1, -0.05) is 0 Å². The maximum Gasteiger partial charge on any atom is 0.299 e. The summed E-state index contributed by atoms with van der Waals surface area (Å²) in [5, 5.41) is 0. The lowest BCUT2D eigenvalue weighted by molar-refractivity contribution is -0.114. The highest BCUT2D eigenvalue weighted by molar-refractivity contribution is 9.10. The van der Waals surface area contributed by atoms with Crippen molar-refractivity contribution in [2.24, 2.45) is 0 Å². The number of hydrogen-bond donors (Lipinski definition) is 0. The van der Waals surface area contributed by atoms with Crippen molar-refractivity contribution in [1.29, 1.82) is 0 Å². The molecule has 0 saturated carbocycles. The summed E-state index contributed by atoms with van der Waals surface area (Å²) in [5.74, 6) is -1.87. The van der Waals surface area contributed by atoms with Crippen LogP contribution >= 0.6 is 15.9 Å². The topological polar surface area (TPSA) is 46.6 Å². The zero-order chi connectivity index (χ0) is 14.2. The summed E-state index contributed by atoms with van der Waals surface area (Å²) in [4.78, 5) is 25.0. The van der Waals surface area contributed by atoms with Gasteiger partial charge in [0.05, 0.1) is 24.0 Å². The van der Waals surface area contributed by atoms with E-state index < -0.39 is 17.5 Å². The zero-order valence-corrected chi connectivity index (χ0v) is 12.2. The molecule has 0 N–H and O–H groups in total. The van der Waals surface area contributed by atoms with Gasteiger partial charge in [-0.25, -0.2) is 4.39 Å². The first kappa shape index (κ1) is 14.1. The van der Waals surface area contributed by atoms with Crippen LogP contribution in [0.3, 0.4) is 0 Å². The van der Waals surface area contributed by atoms with Gasteiger partial charge in [0.15, 0.2) is 0 Å². The maximum atomic E-state index is 13.3. The van der Waals surface area contributed by atoms with Crippen LogP contribution in [-0.4, -0.2) is 30.9 Å². The fraction of sp³-hybridized carbons (Fsp3) is 0.385. The van der Waals surface area contributed by atoms with E-state index in [1.165, 1.54) is 11.0 Å². The van der Waals surface area contributed by atoms with Gasteiger partial charge >= 0.3 is 0 Å². The van der Waals surface area contributed by atoms with Crippen LogP contribution in [0, 0.1) is 5.82 Å². The van der Waals surface area contributed by atoms with Crippen LogP contribution in [0.2, 0.25) is 0 Å². The van der Waals surface area contributed by atoms with Crippen LogP contribution in [0.5, 0.6) is 0 Å². The van der Waals surface area contributed by atoms with Gasteiger partial charge < -0.3 is 9.64 Å². The lowest BCUT2D eigenvalue weighted by Crippen LogP contribution is -2.33. The molecule has 0 unspecified atom stereocenters. The standard InChI is InChI=1S/C13H13BrFNO3/c1-7(2)19-4-3-16-11-9(12(17)13(16)18)5-8(15)6-10(11)14/h5-7H,3-4H2,1-2H3. The maximum absolute atomic E-state index is 13.3. The van der Waals surface area contributed by atoms with E-state index in [1.807, 2.05) is 13.8 Å². The number of ketones is 1. The highest BCUT2D eigenvalue weighted by Gasteiger charge is 2.37. The minimum Gasteiger partial charge on any atom is -0.377 e. The van der Waals surface area contributed by atoms with Crippen molar-refractivity contribution in [3.05, 3.63) is 28.0 Å². The Hall–Kier alpha value is -1.27. The molecular formula is C13H13BrFNO3. The Balaban J connectivity index is 2.28. The molecule has 4 nitrogen and oxygen atoms in total. The third kappa shape index (κ3) is 2.69. The van der Waals surface area contributed by atoms with Crippen molar-refractivity contribution >= 4 is 33.3 Å². The SMILES string of the molecule is CC(C)OCCN1C(=O)C(=O)c2cc(F)cc(Br)c21. The average molecular weight is 330 g/mol. The third-order valence-corrected chi connectivity index (χ3v) is 3.35. The number of anilines is 1. The first-order valence-electron chi connectivity index (χ1n) is 5.88. The monoisotopic (exact) mass is 329 g/mol. The highest BCUT2D eigenvalue weighted by atomic mass is 79.9. The Morgan fingerprint density at radius 1 is 1.37 bits per heavy atom. The summed E-state index contributed by atoms with van der Waals surface area (Å²) >= 11 is 3.19. The number of fused-ring (bicyclic) bond motifs is 1. The molecule has 102 valence electrons. The Morgan fingerprint density at radius 3 is 2.68 bits per heavy atom. The molecule has 0 aromatic heterocycles. The molecule has 2 rings (SSSR count). The van der Waals surface area contributed by atoms with Crippen molar-refractivity contribution in [2.75, 3.05) is 18.1 Å². The van der Waals surface area contributed by atoms with Crippen LogP contribution in [-0.2, 0) is 9.53 Å². The predicted molar refractivity (Wildman–Crippen MR) is 71.9 cm³/mol. The van der Waals surface area contributed by atoms with Crippen LogP contribution in [0.4, 0.5) is 10.1 Å². The summed E-state index contributed by atoms with van der Waals surface area (Å²) in [6, 6.07) is 2.32. The first-order chi connectivity index (χ1) is 8.91. The summed E-state index contributed by atoms with van der Waals surface area (Å²) in [7, 11) is 0. The number of hydrogen-bond acceptors (Lipinski definition) is 3. The number of halogens is 2. The minimum atomic E-state index is -0.681. The number of ether oxygens (including phenoxy) is 1. The molecule has 19 heavy (non-hydrogen) atoms. The number of amides is 1. The fourth-order valence-electron chi connectivity index (χ4n) is 1.95. The molecule has 1 amide bonds. The van der Waals surface area contributed by atoms with Crippen molar-refractivity contribution in [2.45, 2.75) is 20.0 Å². The van der Waals surface area contributed by atoms with Gasteiger partial charge in [-0.3, -0.25) is 9.59 Å². The third-order valence-electron chi connectivity index (χ3n) is 2.75. The first-order valence-corrected chi connectivity index (χ1v) is 6.68. The molecule has 0 radical (unpaired) electrons. The zero-order valence-electron chi connectivity index (χ0n) is 10.6. The van der Waals surface area contributed by atoms with Crippen molar-refractivity contribution < 1.29 is 18.7 Å². The van der Waals surface area contributed by atoms with Crippen LogP contribution in [0.1, 0.15) is 24.2 Å². The number of benzene rings is 1. The number of carbonyl (C=O) groups excluding carboxylic acids is 2. The predicted octanol–water partition coefficient (Wildman–Crippen LogP) is 2.54. The second-order valence-corrected chi connectivity index (χ2v) is 5.34. The quantitative estimate of drug-likeness (QED) is 0.797. The van der Waals surface area contributed by atoms with E-state index in [9.17, 15) is 14.0 Å². The van der Waals surface area contributed by atoms with Gasteiger partial charge in [-0.2, -0.15) is 0 Å². The van der Waals surface area contributed by atoms with E-state index in [0.717, 1.165) is 6.07 Å². The number of rotatable bonds is 4. The molecule has 1 aliphatic rings. The summed E-state index contributed by atoms with van der Waals surface area (Å²) in [6.45, 7) is 4.35.